The molecule has 1 atom stereocenters. The summed E-state index contributed by atoms with van der Waals surface area (Å²) in [7, 11) is 0. The Kier molecular flexibility index (Phi) is 4.76. The summed E-state index contributed by atoms with van der Waals surface area (Å²) in [6.07, 6.45) is 5.33. The van der Waals surface area contributed by atoms with Crippen LogP contribution in [0.2, 0.25) is 0 Å². The molecule has 0 aliphatic carbocycles. The van der Waals surface area contributed by atoms with Crippen molar-refractivity contribution < 1.29 is 9.53 Å². The van der Waals surface area contributed by atoms with E-state index in [9.17, 15) is 4.79 Å². The summed E-state index contributed by atoms with van der Waals surface area (Å²) in [4.78, 5) is 14.5. The molecule has 0 aromatic carbocycles. The van der Waals surface area contributed by atoms with E-state index in [0.29, 0.717) is 18.2 Å². The number of rotatable bonds is 6. The Balaban J connectivity index is 1.58. The SMILES string of the molecule is O=C(COCCC1CCCNC1)c1ccc[nH]1. The minimum absolute atomic E-state index is 0.0248. The van der Waals surface area contributed by atoms with Crippen LogP contribution < -0.4 is 5.32 Å². The molecule has 0 amide bonds. The zero-order valence-corrected chi connectivity index (χ0v) is 10.1. The Morgan fingerprint density at radius 2 is 2.47 bits per heavy atom. The lowest BCUT2D eigenvalue weighted by Crippen LogP contribution is -2.30. The summed E-state index contributed by atoms with van der Waals surface area (Å²) in [5, 5.41) is 3.38. The highest BCUT2D eigenvalue weighted by Gasteiger charge is 2.13. The Labute approximate surface area is 102 Å². The quantitative estimate of drug-likeness (QED) is 0.582. The van der Waals surface area contributed by atoms with Gasteiger partial charge in [0.2, 0.25) is 5.78 Å². The first-order valence-electron chi connectivity index (χ1n) is 6.31. The predicted molar refractivity (Wildman–Crippen MR) is 66.2 cm³/mol. The van der Waals surface area contributed by atoms with Crippen LogP contribution in [0.5, 0.6) is 0 Å². The van der Waals surface area contributed by atoms with Gasteiger partial charge in [0, 0.05) is 12.8 Å². The molecule has 94 valence electrons. The molecule has 0 bridgehead atoms. The Hall–Kier alpha value is -1.13. The number of aromatic nitrogens is 1. The van der Waals surface area contributed by atoms with E-state index in [4.69, 9.17) is 4.74 Å². The summed E-state index contributed by atoms with van der Waals surface area (Å²) < 4.78 is 5.42. The van der Waals surface area contributed by atoms with Gasteiger partial charge in [-0.2, -0.15) is 0 Å². The number of ether oxygens (including phenoxy) is 1. The maximum Gasteiger partial charge on any atom is 0.204 e. The summed E-state index contributed by atoms with van der Waals surface area (Å²) in [6, 6.07) is 3.59. The third-order valence-corrected chi connectivity index (χ3v) is 3.20. The molecular formula is C13H20N2O2. The summed E-state index contributed by atoms with van der Waals surface area (Å²) >= 11 is 0. The predicted octanol–water partition coefficient (Wildman–Crippen LogP) is 1.60. The first-order chi connectivity index (χ1) is 8.36. The summed E-state index contributed by atoms with van der Waals surface area (Å²) in [5.74, 6) is 0.737. The van der Waals surface area contributed by atoms with E-state index in [-0.39, 0.29) is 12.4 Å². The minimum Gasteiger partial charge on any atom is -0.373 e. The highest BCUT2D eigenvalue weighted by Crippen LogP contribution is 2.13. The Morgan fingerprint density at radius 1 is 1.53 bits per heavy atom. The fourth-order valence-corrected chi connectivity index (χ4v) is 2.17. The first kappa shape index (κ1) is 12.3. The largest absolute Gasteiger partial charge is 0.373 e. The van der Waals surface area contributed by atoms with Crippen LogP contribution in [0.3, 0.4) is 0 Å². The van der Waals surface area contributed by atoms with E-state index in [1.54, 1.807) is 12.3 Å². The number of hydrogen-bond acceptors (Lipinski definition) is 3. The summed E-state index contributed by atoms with van der Waals surface area (Å²) in [6.45, 7) is 3.09. The van der Waals surface area contributed by atoms with Gasteiger partial charge in [0.25, 0.3) is 0 Å². The van der Waals surface area contributed by atoms with E-state index >= 15 is 0 Å². The molecule has 2 N–H and O–H groups in total. The van der Waals surface area contributed by atoms with Crippen molar-refractivity contribution in [1.82, 2.24) is 10.3 Å². The lowest BCUT2D eigenvalue weighted by atomic mass is 9.97. The van der Waals surface area contributed by atoms with Gasteiger partial charge >= 0.3 is 0 Å². The number of Topliss-reactive ketones (excluding diaryl/α,β-unsaturated/α-hetero) is 1. The molecule has 2 heterocycles. The van der Waals surface area contributed by atoms with Gasteiger partial charge in [-0.05, 0) is 50.4 Å². The second-order valence-electron chi connectivity index (χ2n) is 4.56. The Bertz CT molecular complexity index is 329. The van der Waals surface area contributed by atoms with Gasteiger partial charge in [-0.3, -0.25) is 4.79 Å². The first-order valence-corrected chi connectivity index (χ1v) is 6.31. The molecule has 2 rings (SSSR count). The topological polar surface area (TPSA) is 54.1 Å². The number of aromatic amines is 1. The molecule has 1 unspecified atom stereocenters. The van der Waals surface area contributed by atoms with Crippen molar-refractivity contribution in [1.29, 1.82) is 0 Å². The van der Waals surface area contributed by atoms with Crippen LogP contribution in [0.1, 0.15) is 29.8 Å². The molecule has 4 heteroatoms. The third-order valence-electron chi connectivity index (χ3n) is 3.20. The van der Waals surface area contributed by atoms with Gasteiger partial charge in [0.05, 0.1) is 5.69 Å². The normalized spacial score (nSPS) is 20.4. The van der Waals surface area contributed by atoms with E-state index in [0.717, 1.165) is 19.5 Å². The zero-order chi connectivity index (χ0) is 11.9. The molecule has 1 aliphatic rings. The second kappa shape index (κ2) is 6.57. The number of carbonyl (C=O) groups excluding carboxylic acids is 1. The number of piperidine rings is 1. The van der Waals surface area contributed by atoms with Crippen LogP contribution in [0, 0.1) is 5.92 Å². The number of hydrogen-bond donors (Lipinski definition) is 2. The smallest absolute Gasteiger partial charge is 0.204 e. The Morgan fingerprint density at radius 3 is 3.18 bits per heavy atom. The molecular weight excluding hydrogens is 216 g/mol. The monoisotopic (exact) mass is 236 g/mol. The molecule has 1 aromatic heterocycles. The number of H-pyrrole nitrogens is 1. The van der Waals surface area contributed by atoms with Crippen LogP contribution in [-0.4, -0.2) is 37.1 Å². The summed E-state index contributed by atoms with van der Waals surface area (Å²) in [5.41, 5.74) is 0.629. The number of ketones is 1. The van der Waals surface area contributed by atoms with Crippen molar-refractivity contribution in [2.24, 2.45) is 5.92 Å². The van der Waals surface area contributed by atoms with Crippen LogP contribution >= 0.6 is 0 Å². The maximum absolute atomic E-state index is 11.6. The highest BCUT2D eigenvalue weighted by molar-refractivity contribution is 5.95. The maximum atomic E-state index is 11.6. The van der Waals surface area contributed by atoms with Gasteiger partial charge < -0.3 is 15.0 Å². The van der Waals surface area contributed by atoms with Gasteiger partial charge in [0.15, 0.2) is 0 Å². The number of carbonyl (C=O) groups is 1. The van der Waals surface area contributed by atoms with Gasteiger partial charge in [-0.25, -0.2) is 0 Å². The molecule has 17 heavy (non-hydrogen) atoms. The van der Waals surface area contributed by atoms with Crippen molar-refractivity contribution in [3.63, 3.8) is 0 Å². The molecule has 1 fully saturated rings. The highest BCUT2D eigenvalue weighted by atomic mass is 16.5. The van der Waals surface area contributed by atoms with Crippen molar-refractivity contribution in [3.8, 4) is 0 Å². The van der Waals surface area contributed by atoms with Gasteiger partial charge in [-0.15, -0.1) is 0 Å². The average Bonchev–Trinajstić information content (AvgIpc) is 2.89. The van der Waals surface area contributed by atoms with Gasteiger partial charge in [-0.1, -0.05) is 0 Å². The molecule has 4 nitrogen and oxygen atoms in total. The fourth-order valence-electron chi connectivity index (χ4n) is 2.17. The van der Waals surface area contributed by atoms with Crippen LogP contribution in [-0.2, 0) is 4.74 Å². The van der Waals surface area contributed by atoms with Crippen LogP contribution in [0.15, 0.2) is 18.3 Å². The van der Waals surface area contributed by atoms with Crippen molar-refractivity contribution in [2.45, 2.75) is 19.3 Å². The van der Waals surface area contributed by atoms with E-state index in [1.165, 1.54) is 12.8 Å². The van der Waals surface area contributed by atoms with E-state index in [2.05, 4.69) is 10.3 Å². The van der Waals surface area contributed by atoms with Crippen LogP contribution in [0.25, 0.3) is 0 Å². The standard InChI is InChI=1S/C13H20N2O2/c16-13(12-4-2-7-15-12)10-17-8-5-11-3-1-6-14-9-11/h2,4,7,11,14-15H,1,3,5-6,8-10H2. The van der Waals surface area contributed by atoms with Gasteiger partial charge in [0.1, 0.15) is 6.61 Å². The molecule has 1 aliphatic heterocycles. The van der Waals surface area contributed by atoms with Crippen molar-refractivity contribution in [3.05, 3.63) is 24.0 Å². The lowest BCUT2D eigenvalue weighted by Gasteiger charge is -2.22. The third kappa shape index (κ3) is 3.98. The van der Waals surface area contributed by atoms with Crippen LogP contribution in [0.4, 0.5) is 0 Å². The molecule has 0 radical (unpaired) electrons. The molecule has 1 aromatic rings. The zero-order valence-electron chi connectivity index (χ0n) is 10.1. The lowest BCUT2D eigenvalue weighted by molar-refractivity contribution is 0.0721. The van der Waals surface area contributed by atoms with E-state index < -0.39 is 0 Å². The second-order valence-corrected chi connectivity index (χ2v) is 4.56. The van der Waals surface area contributed by atoms with E-state index in [1.807, 2.05) is 6.07 Å². The molecule has 0 spiro atoms. The molecule has 1 saturated heterocycles. The minimum atomic E-state index is 0.0248. The average molecular weight is 236 g/mol. The number of nitrogens with one attached hydrogen (secondary N) is 2. The van der Waals surface area contributed by atoms with Crippen molar-refractivity contribution >= 4 is 5.78 Å². The van der Waals surface area contributed by atoms with Crippen molar-refractivity contribution in [2.75, 3.05) is 26.3 Å². The molecule has 0 saturated carbocycles. The fraction of sp³-hybridized carbons (Fsp3) is 0.615.